The number of benzene rings is 1. The largest absolute Gasteiger partial charge is 0.493 e. The van der Waals surface area contributed by atoms with Crippen LogP contribution in [-0.2, 0) is 24.7 Å². The predicted octanol–water partition coefficient (Wildman–Crippen LogP) is 1.77. The lowest BCUT2D eigenvalue weighted by molar-refractivity contribution is -0.138. The molecular weight excluding hydrogens is 406 g/mol. The van der Waals surface area contributed by atoms with Crippen LogP contribution in [0.1, 0.15) is 32.6 Å². The second-order valence-corrected chi connectivity index (χ2v) is 11.3. The smallest absolute Gasteiger partial charge is 0.303 e. The van der Waals surface area contributed by atoms with E-state index in [-0.39, 0.29) is 35.3 Å². The van der Waals surface area contributed by atoms with Gasteiger partial charge in [-0.3, -0.25) is 4.79 Å². The van der Waals surface area contributed by atoms with Crippen molar-refractivity contribution in [2.75, 3.05) is 31.2 Å². The number of hydrogen-bond donors (Lipinski definition) is 1. The molecule has 28 heavy (non-hydrogen) atoms. The fourth-order valence-corrected chi connectivity index (χ4v) is 5.24. The van der Waals surface area contributed by atoms with Crippen molar-refractivity contribution in [1.82, 2.24) is 4.31 Å². The van der Waals surface area contributed by atoms with Crippen LogP contribution in [0.25, 0.3) is 0 Å². The maximum atomic E-state index is 12.9. The number of rotatable bonds is 9. The highest BCUT2D eigenvalue weighted by molar-refractivity contribution is 7.91. The van der Waals surface area contributed by atoms with Crippen LogP contribution in [0.4, 0.5) is 0 Å². The summed E-state index contributed by atoms with van der Waals surface area (Å²) in [5.74, 6) is -0.495. The summed E-state index contributed by atoms with van der Waals surface area (Å²) < 4.78 is 55.4. The van der Waals surface area contributed by atoms with Gasteiger partial charge in [-0.25, -0.2) is 16.8 Å². The zero-order valence-electron chi connectivity index (χ0n) is 15.9. The molecule has 1 aliphatic heterocycles. The van der Waals surface area contributed by atoms with E-state index in [1.165, 1.54) is 28.6 Å². The Labute approximate surface area is 166 Å². The van der Waals surface area contributed by atoms with Crippen molar-refractivity contribution < 1.29 is 31.5 Å². The summed E-state index contributed by atoms with van der Waals surface area (Å²) in [6.45, 7) is 2.25. The van der Waals surface area contributed by atoms with Gasteiger partial charge < -0.3 is 9.84 Å². The van der Waals surface area contributed by atoms with Crippen LogP contribution in [0.3, 0.4) is 0 Å². The van der Waals surface area contributed by atoms with Gasteiger partial charge in [0.1, 0.15) is 12.4 Å². The van der Waals surface area contributed by atoms with Gasteiger partial charge in [0.25, 0.3) is 0 Å². The van der Waals surface area contributed by atoms with E-state index in [1.807, 2.05) is 0 Å². The van der Waals surface area contributed by atoms with Crippen LogP contribution in [0.15, 0.2) is 29.2 Å². The van der Waals surface area contributed by atoms with Crippen molar-refractivity contribution in [2.45, 2.75) is 37.5 Å². The molecule has 1 aromatic carbocycles. The maximum absolute atomic E-state index is 12.9. The molecule has 0 bridgehead atoms. The monoisotopic (exact) mass is 433 g/mol. The van der Waals surface area contributed by atoms with Crippen molar-refractivity contribution in [3.63, 3.8) is 0 Å². The van der Waals surface area contributed by atoms with Crippen LogP contribution in [0.2, 0.25) is 0 Å². The van der Waals surface area contributed by atoms with Crippen molar-refractivity contribution in [1.29, 1.82) is 0 Å². The van der Waals surface area contributed by atoms with E-state index in [4.69, 9.17) is 9.84 Å². The molecule has 0 saturated carbocycles. The molecule has 1 aliphatic rings. The molecule has 1 aromatic rings. The zero-order valence-corrected chi connectivity index (χ0v) is 17.5. The summed E-state index contributed by atoms with van der Waals surface area (Å²) in [6, 6.07) is 5.91. The fourth-order valence-electron chi connectivity index (χ4n) is 3.12. The van der Waals surface area contributed by atoms with Gasteiger partial charge in [-0.15, -0.1) is 0 Å². The van der Waals surface area contributed by atoms with Gasteiger partial charge in [0.15, 0.2) is 9.84 Å². The summed E-state index contributed by atoms with van der Waals surface area (Å²) in [6.07, 6.45) is 1.92. The molecule has 1 saturated heterocycles. The molecule has 0 spiro atoms. The van der Waals surface area contributed by atoms with Gasteiger partial charge in [-0.2, -0.15) is 4.31 Å². The highest BCUT2D eigenvalue weighted by Gasteiger charge is 2.28. The van der Waals surface area contributed by atoms with E-state index >= 15 is 0 Å². The van der Waals surface area contributed by atoms with Crippen LogP contribution in [0.5, 0.6) is 5.75 Å². The topological polar surface area (TPSA) is 118 Å². The van der Waals surface area contributed by atoms with E-state index in [0.29, 0.717) is 38.1 Å². The van der Waals surface area contributed by atoms with E-state index < -0.39 is 25.8 Å². The Morgan fingerprint density at radius 2 is 1.82 bits per heavy atom. The first-order valence-electron chi connectivity index (χ1n) is 9.29. The SMILES string of the molecule is CCS(=O)(=O)CCOc1ccc(S(=O)(=O)N2CCCC(CC(=O)O)CC2)cc1. The molecular formula is C18H27NO7S2. The molecule has 1 fully saturated rings. The lowest BCUT2D eigenvalue weighted by atomic mass is 9.97. The summed E-state index contributed by atoms with van der Waals surface area (Å²) in [7, 11) is -6.78. The van der Waals surface area contributed by atoms with Gasteiger partial charge in [-0.05, 0) is 49.4 Å². The van der Waals surface area contributed by atoms with Crippen molar-refractivity contribution in [3.8, 4) is 5.75 Å². The Hall–Kier alpha value is -1.65. The van der Waals surface area contributed by atoms with Gasteiger partial charge in [0.2, 0.25) is 10.0 Å². The van der Waals surface area contributed by atoms with E-state index in [0.717, 1.165) is 0 Å². The molecule has 1 unspecified atom stereocenters. The lowest BCUT2D eigenvalue weighted by Gasteiger charge is -2.20. The number of sulfone groups is 1. The molecule has 8 nitrogen and oxygen atoms in total. The summed E-state index contributed by atoms with van der Waals surface area (Å²) in [5, 5.41) is 8.93. The van der Waals surface area contributed by atoms with Gasteiger partial charge in [0.05, 0.1) is 10.6 Å². The molecule has 0 amide bonds. The number of carbonyl (C=O) groups is 1. The minimum Gasteiger partial charge on any atom is -0.493 e. The number of aliphatic carboxylic acids is 1. The Bertz CT molecular complexity index is 864. The molecule has 0 radical (unpaired) electrons. The Morgan fingerprint density at radius 1 is 1.14 bits per heavy atom. The second kappa shape index (κ2) is 9.71. The van der Waals surface area contributed by atoms with E-state index in [1.54, 1.807) is 6.92 Å². The highest BCUT2D eigenvalue weighted by atomic mass is 32.2. The second-order valence-electron chi connectivity index (χ2n) is 6.86. The maximum Gasteiger partial charge on any atom is 0.303 e. The first-order valence-corrected chi connectivity index (χ1v) is 12.6. The number of carboxylic acid groups (broad SMARTS) is 1. The minimum absolute atomic E-state index is 0.00660. The van der Waals surface area contributed by atoms with Crippen LogP contribution in [-0.4, -0.2) is 63.4 Å². The molecule has 10 heteroatoms. The number of sulfonamides is 1. The molecule has 1 heterocycles. The summed E-state index contributed by atoms with van der Waals surface area (Å²) in [4.78, 5) is 11.0. The van der Waals surface area contributed by atoms with E-state index in [2.05, 4.69) is 0 Å². The molecule has 0 aliphatic carbocycles. The van der Waals surface area contributed by atoms with Gasteiger partial charge in [-0.1, -0.05) is 6.92 Å². The first kappa shape index (κ1) is 22.6. The van der Waals surface area contributed by atoms with E-state index in [9.17, 15) is 21.6 Å². The van der Waals surface area contributed by atoms with Gasteiger partial charge >= 0.3 is 5.97 Å². The Morgan fingerprint density at radius 3 is 2.43 bits per heavy atom. The lowest BCUT2D eigenvalue weighted by Crippen LogP contribution is -2.32. The average Bonchev–Trinajstić information content (AvgIpc) is 2.87. The third-order valence-electron chi connectivity index (χ3n) is 4.83. The summed E-state index contributed by atoms with van der Waals surface area (Å²) in [5.41, 5.74) is 0. The van der Waals surface area contributed by atoms with Crippen LogP contribution < -0.4 is 4.74 Å². The molecule has 2 rings (SSSR count). The van der Waals surface area contributed by atoms with Gasteiger partial charge in [0, 0.05) is 25.3 Å². The standard InChI is InChI=1S/C18H27NO7S2/c1-2-27(22,23)13-12-26-16-5-7-17(8-6-16)28(24,25)19-10-3-4-15(9-11-19)14-18(20)21/h5-8,15H,2-4,9-14H2,1H3,(H,20,21). The number of nitrogens with zero attached hydrogens (tertiary/aromatic N) is 1. The van der Waals surface area contributed by atoms with Crippen LogP contribution >= 0.6 is 0 Å². The number of ether oxygens (including phenoxy) is 1. The van der Waals surface area contributed by atoms with Crippen molar-refractivity contribution >= 4 is 25.8 Å². The van der Waals surface area contributed by atoms with Crippen LogP contribution in [0, 0.1) is 5.92 Å². The first-order chi connectivity index (χ1) is 13.1. The predicted molar refractivity (Wildman–Crippen MR) is 105 cm³/mol. The third kappa shape index (κ3) is 6.46. The normalized spacial score (nSPS) is 19.1. The number of carboxylic acids is 1. The third-order valence-corrected chi connectivity index (χ3v) is 8.42. The van der Waals surface area contributed by atoms with Crippen molar-refractivity contribution in [3.05, 3.63) is 24.3 Å². The fraction of sp³-hybridized carbons (Fsp3) is 0.611. The molecule has 1 N–H and O–H groups in total. The Balaban J connectivity index is 1.98. The minimum atomic E-state index is -3.67. The highest BCUT2D eigenvalue weighted by Crippen LogP contribution is 2.26. The molecule has 1 atom stereocenters. The molecule has 0 aromatic heterocycles. The Kier molecular flexibility index (Phi) is 7.85. The molecule has 158 valence electrons. The summed E-state index contributed by atoms with van der Waals surface area (Å²) >= 11 is 0. The van der Waals surface area contributed by atoms with Crippen molar-refractivity contribution in [2.24, 2.45) is 5.92 Å². The zero-order chi connectivity index (χ0) is 20.8. The number of hydrogen-bond acceptors (Lipinski definition) is 6. The average molecular weight is 434 g/mol. The quantitative estimate of drug-likeness (QED) is 0.630.